The van der Waals surface area contributed by atoms with Crippen LogP contribution in [0.15, 0.2) is 47.4 Å². The van der Waals surface area contributed by atoms with E-state index in [1.807, 2.05) is 11.8 Å². The second kappa shape index (κ2) is 5.36. The molecule has 90 valence electrons. The zero-order chi connectivity index (χ0) is 12.3. The largest absolute Gasteiger partial charge is 0.179 e. The minimum Gasteiger partial charge on any atom is -0.179 e. The summed E-state index contributed by atoms with van der Waals surface area (Å²) < 4.78 is 0. The number of thioether (sulfide) groups is 1. The predicted molar refractivity (Wildman–Crippen MR) is 82.3 cm³/mol. The van der Waals surface area contributed by atoms with Crippen molar-refractivity contribution < 1.29 is 0 Å². The van der Waals surface area contributed by atoms with Gasteiger partial charge in [-0.25, -0.2) is 0 Å². The monoisotopic (exact) mass is 262 g/mol. The summed E-state index contributed by atoms with van der Waals surface area (Å²) in [5, 5.41) is 2.63. The van der Waals surface area contributed by atoms with Crippen molar-refractivity contribution in [1.82, 2.24) is 0 Å². The third kappa shape index (κ3) is 3.43. The number of thiol groups is 1. The first-order valence-electron chi connectivity index (χ1n) is 5.83. The lowest BCUT2D eigenvalue weighted by molar-refractivity contribution is 0.494. The molecule has 0 amide bonds. The molecule has 0 aromatic heterocycles. The lowest BCUT2D eigenvalue weighted by atomic mass is 10.0. The van der Waals surface area contributed by atoms with Gasteiger partial charge in [-0.2, -0.15) is 12.6 Å². The zero-order valence-corrected chi connectivity index (χ0v) is 12.0. The molecule has 0 aliphatic heterocycles. The van der Waals surface area contributed by atoms with E-state index >= 15 is 0 Å². The molecule has 0 unspecified atom stereocenters. The van der Waals surface area contributed by atoms with Crippen LogP contribution >= 0.6 is 24.4 Å². The van der Waals surface area contributed by atoms with Crippen molar-refractivity contribution in [3.05, 3.63) is 42.5 Å². The quantitative estimate of drug-likeness (QED) is 0.605. The minimum atomic E-state index is 0.291. The predicted octanol–water partition coefficient (Wildman–Crippen LogP) is 4.89. The van der Waals surface area contributed by atoms with Gasteiger partial charge in [-0.1, -0.05) is 44.2 Å². The Kier molecular flexibility index (Phi) is 4.05. The van der Waals surface area contributed by atoms with Gasteiger partial charge in [0.2, 0.25) is 0 Å². The molecule has 0 atom stereocenters. The number of rotatable bonds is 4. The number of hydrogen-bond acceptors (Lipinski definition) is 2. The Morgan fingerprint density at radius 2 is 1.76 bits per heavy atom. The summed E-state index contributed by atoms with van der Waals surface area (Å²) in [6.45, 7) is 4.52. The molecular weight excluding hydrogens is 244 g/mol. The van der Waals surface area contributed by atoms with E-state index in [0.717, 1.165) is 11.5 Å². The van der Waals surface area contributed by atoms with Crippen LogP contribution in [-0.4, -0.2) is 11.5 Å². The summed E-state index contributed by atoms with van der Waals surface area (Å²) in [5.74, 6) is 2.03. The van der Waals surface area contributed by atoms with Gasteiger partial charge in [0.25, 0.3) is 0 Å². The third-order valence-electron chi connectivity index (χ3n) is 2.78. The zero-order valence-electron chi connectivity index (χ0n) is 10.3. The molecule has 0 N–H and O–H groups in total. The van der Waals surface area contributed by atoms with E-state index in [0.29, 0.717) is 5.41 Å². The molecule has 0 aliphatic carbocycles. The molecule has 0 fully saturated rings. The molecule has 0 saturated carbocycles. The molecule has 0 heterocycles. The number of fused-ring (bicyclic) bond motifs is 1. The highest BCUT2D eigenvalue weighted by Gasteiger charge is 2.15. The molecule has 17 heavy (non-hydrogen) atoms. The van der Waals surface area contributed by atoms with Gasteiger partial charge < -0.3 is 0 Å². The second-order valence-corrected chi connectivity index (χ2v) is 6.48. The standard InChI is InChI=1S/C15H18S2/c1-15(2,10-16)11-17-14-8-7-12-5-3-4-6-13(12)9-14/h3-9,16H,10-11H2,1-2H3. The maximum Gasteiger partial charge on any atom is 0.00785 e. The minimum absolute atomic E-state index is 0.291. The van der Waals surface area contributed by atoms with Crippen LogP contribution in [-0.2, 0) is 0 Å². The van der Waals surface area contributed by atoms with E-state index < -0.39 is 0 Å². The molecule has 0 aliphatic rings. The highest BCUT2D eigenvalue weighted by molar-refractivity contribution is 7.99. The van der Waals surface area contributed by atoms with Crippen LogP contribution in [0.5, 0.6) is 0 Å². The average molecular weight is 262 g/mol. The second-order valence-electron chi connectivity index (χ2n) is 5.12. The van der Waals surface area contributed by atoms with E-state index in [1.165, 1.54) is 15.7 Å². The van der Waals surface area contributed by atoms with E-state index in [4.69, 9.17) is 0 Å². The topological polar surface area (TPSA) is 0 Å². The van der Waals surface area contributed by atoms with Gasteiger partial charge in [-0.05, 0) is 34.1 Å². The van der Waals surface area contributed by atoms with Crippen molar-refractivity contribution >= 4 is 35.2 Å². The van der Waals surface area contributed by atoms with Crippen LogP contribution in [0.4, 0.5) is 0 Å². The van der Waals surface area contributed by atoms with Crippen LogP contribution in [0.2, 0.25) is 0 Å². The summed E-state index contributed by atoms with van der Waals surface area (Å²) in [6, 6.07) is 15.2. The van der Waals surface area contributed by atoms with Crippen molar-refractivity contribution in [2.75, 3.05) is 11.5 Å². The van der Waals surface area contributed by atoms with Crippen molar-refractivity contribution in [3.63, 3.8) is 0 Å². The average Bonchev–Trinajstić information content (AvgIpc) is 2.36. The molecule has 2 aromatic rings. The van der Waals surface area contributed by atoms with Gasteiger partial charge in [0.05, 0.1) is 0 Å². The molecule has 0 bridgehead atoms. The molecule has 0 radical (unpaired) electrons. The molecule has 0 saturated heterocycles. The van der Waals surface area contributed by atoms with Crippen LogP contribution < -0.4 is 0 Å². The Balaban J connectivity index is 2.14. The molecule has 0 spiro atoms. The highest BCUT2D eigenvalue weighted by atomic mass is 32.2. The van der Waals surface area contributed by atoms with Crippen molar-refractivity contribution in [2.45, 2.75) is 18.7 Å². The molecule has 2 rings (SSSR count). The fraction of sp³-hybridized carbons (Fsp3) is 0.333. The van der Waals surface area contributed by atoms with Gasteiger partial charge in [-0.15, -0.1) is 11.8 Å². The van der Waals surface area contributed by atoms with Gasteiger partial charge in [0, 0.05) is 10.6 Å². The summed E-state index contributed by atoms with van der Waals surface area (Å²) in [5.41, 5.74) is 0.291. The van der Waals surface area contributed by atoms with Crippen LogP contribution in [0.1, 0.15) is 13.8 Å². The van der Waals surface area contributed by atoms with Gasteiger partial charge in [0.1, 0.15) is 0 Å². The molecule has 0 nitrogen and oxygen atoms in total. The van der Waals surface area contributed by atoms with Crippen molar-refractivity contribution in [1.29, 1.82) is 0 Å². The first-order valence-corrected chi connectivity index (χ1v) is 7.45. The van der Waals surface area contributed by atoms with Crippen molar-refractivity contribution in [3.8, 4) is 0 Å². The smallest absolute Gasteiger partial charge is 0.00785 e. The lowest BCUT2D eigenvalue weighted by Gasteiger charge is -2.21. The fourth-order valence-corrected chi connectivity index (χ4v) is 2.88. The third-order valence-corrected chi connectivity index (χ3v) is 5.15. The lowest BCUT2D eigenvalue weighted by Crippen LogP contribution is -2.16. The first kappa shape index (κ1) is 12.8. The van der Waals surface area contributed by atoms with Gasteiger partial charge >= 0.3 is 0 Å². The first-order chi connectivity index (χ1) is 8.11. The Morgan fingerprint density at radius 1 is 1.06 bits per heavy atom. The van der Waals surface area contributed by atoms with E-state index in [2.05, 4.69) is 68.9 Å². The van der Waals surface area contributed by atoms with Crippen LogP contribution in [0.25, 0.3) is 10.8 Å². The summed E-state index contributed by atoms with van der Waals surface area (Å²) in [7, 11) is 0. The summed E-state index contributed by atoms with van der Waals surface area (Å²) in [6.07, 6.45) is 0. The van der Waals surface area contributed by atoms with Crippen LogP contribution in [0, 0.1) is 5.41 Å². The summed E-state index contributed by atoms with van der Waals surface area (Å²) in [4.78, 5) is 1.35. The summed E-state index contributed by atoms with van der Waals surface area (Å²) >= 11 is 6.31. The Labute approximate surface area is 113 Å². The normalized spacial score (nSPS) is 11.9. The van der Waals surface area contributed by atoms with E-state index in [1.54, 1.807) is 0 Å². The Bertz CT molecular complexity index is 503. The van der Waals surface area contributed by atoms with E-state index in [9.17, 15) is 0 Å². The van der Waals surface area contributed by atoms with Crippen molar-refractivity contribution in [2.24, 2.45) is 5.41 Å². The molecule has 2 heteroatoms. The molecule has 2 aromatic carbocycles. The van der Waals surface area contributed by atoms with Gasteiger partial charge in [0.15, 0.2) is 0 Å². The maximum absolute atomic E-state index is 4.39. The molecular formula is C15H18S2. The Morgan fingerprint density at radius 3 is 2.47 bits per heavy atom. The fourth-order valence-electron chi connectivity index (χ4n) is 1.58. The van der Waals surface area contributed by atoms with Gasteiger partial charge in [-0.3, -0.25) is 0 Å². The van der Waals surface area contributed by atoms with Crippen LogP contribution in [0.3, 0.4) is 0 Å². The number of benzene rings is 2. The number of hydrogen-bond donors (Lipinski definition) is 1. The highest BCUT2D eigenvalue weighted by Crippen LogP contribution is 2.30. The maximum atomic E-state index is 4.39. The SMILES string of the molecule is CC(C)(CS)CSc1ccc2ccccc2c1. The Hall–Kier alpha value is -0.600. The van der Waals surface area contributed by atoms with E-state index in [-0.39, 0.29) is 0 Å².